The molecule has 0 fully saturated rings. The number of hydrogen-bond acceptors (Lipinski definition) is 3. The molecular weight excluding hydrogens is 432 g/mol. The predicted octanol–water partition coefficient (Wildman–Crippen LogP) is 6.72. The lowest BCUT2D eigenvalue weighted by Gasteiger charge is -2.14. The van der Waals surface area contributed by atoms with Crippen LogP contribution in [-0.2, 0) is 6.54 Å². The molecule has 30 heavy (non-hydrogen) atoms. The monoisotopic (exact) mass is 448 g/mol. The van der Waals surface area contributed by atoms with E-state index in [1.165, 1.54) is 11.3 Å². The van der Waals surface area contributed by atoms with E-state index in [1.54, 1.807) is 0 Å². The molecule has 148 valence electrons. The number of thiazole rings is 1. The lowest BCUT2D eigenvalue weighted by atomic mass is 10.1. The lowest BCUT2D eigenvalue weighted by Crippen LogP contribution is -2.23. The summed E-state index contributed by atoms with van der Waals surface area (Å²) in [4.78, 5) is 14.6. The van der Waals surface area contributed by atoms with Crippen LogP contribution in [0, 0.1) is 10.9 Å². The maximum Gasteiger partial charge on any atom is 0.261 e. The van der Waals surface area contributed by atoms with Crippen LogP contribution in [0.2, 0.25) is 5.02 Å². The number of para-hydroxylation sites is 1. The summed E-state index contributed by atoms with van der Waals surface area (Å²) in [6.45, 7) is 2.51. The Morgan fingerprint density at radius 2 is 1.77 bits per heavy atom. The highest BCUT2D eigenvalue weighted by molar-refractivity contribution is 7.73. The molecule has 2 aromatic heterocycles. The van der Waals surface area contributed by atoms with E-state index in [0.29, 0.717) is 17.0 Å². The third-order valence-electron chi connectivity index (χ3n) is 5.20. The van der Waals surface area contributed by atoms with Crippen molar-refractivity contribution < 1.29 is 0 Å². The standard InChI is InChI=1S/C24H17ClN2OS2/c1-15-5-4-6-17(13-15)21-22-26(14-16-9-11-18(25)12-10-16)23(28)19-7-2-3-8-20(19)27(22)24(29)30-21/h2-13H,14H2,1H3. The van der Waals surface area contributed by atoms with E-state index >= 15 is 0 Å². The number of halogens is 1. The van der Waals surface area contributed by atoms with Crippen LogP contribution in [0.5, 0.6) is 0 Å². The van der Waals surface area contributed by atoms with Crippen LogP contribution in [0.4, 0.5) is 0 Å². The lowest BCUT2D eigenvalue weighted by molar-refractivity contribution is 0.781. The molecule has 0 aliphatic carbocycles. The van der Waals surface area contributed by atoms with Gasteiger partial charge in [-0.1, -0.05) is 65.7 Å². The highest BCUT2D eigenvalue weighted by Gasteiger charge is 2.18. The van der Waals surface area contributed by atoms with Gasteiger partial charge in [0.1, 0.15) is 5.65 Å². The topological polar surface area (TPSA) is 26.4 Å². The van der Waals surface area contributed by atoms with Crippen LogP contribution in [0.1, 0.15) is 11.1 Å². The zero-order valence-electron chi connectivity index (χ0n) is 16.1. The average Bonchev–Trinajstić information content (AvgIpc) is 3.10. The number of aryl methyl sites for hydroxylation is 1. The molecule has 0 atom stereocenters. The van der Waals surface area contributed by atoms with Crippen molar-refractivity contribution >= 4 is 51.7 Å². The van der Waals surface area contributed by atoms with Gasteiger partial charge >= 0.3 is 0 Å². The third-order valence-corrected chi connectivity index (χ3v) is 6.86. The number of benzene rings is 3. The van der Waals surface area contributed by atoms with Crippen LogP contribution in [0.25, 0.3) is 27.0 Å². The second-order valence-electron chi connectivity index (χ2n) is 7.26. The van der Waals surface area contributed by atoms with E-state index in [-0.39, 0.29) is 5.56 Å². The first kappa shape index (κ1) is 19.2. The van der Waals surface area contributed by atoms with E-state index in [2.05, 4.69) is 25.1 Å². The van der Waals surface area contributed by atoms with Gasteiger partial charge in [-0.25, -0.2) is 0 Å². The van der Waals surface area contributed by atoms with Gasteiger partial charge in [0.25, 0.3) is 5.56 Å². The van der Waals surface area contributed by atoms with Gasteiger partial charge < -0.3 is 0 Å². The molecule has 3 aromatic carbocycles. The Labute approximate surface area is 187 Å². The summed E-state index contributed by atoms with van der Waals surface area (Å²) < 4.78 is 4.59. The Bertz CT molecular complexity index is 1530. The first-order chi connectivity index (χ1) is 14.5. The van der Waals surface area contributed by atoms with Gasteiger partial charge in [-0.2, -0.15) is 0 Å². The fourth-order valence-corrected chi connectivity index (χ4v) is 5.36. The van der Waals surface area contributed by atoms with Gasteiger partial charge in [-0.3, -0.25) is 13.8 Å². The Kier molecular flexibility index (Phi) is 4.82. The first-order valence-corrected chi connectivity index (χ1v) is 11.1. The molecule has 0 saturated heterocycles. The van der Waals surface area contributed by atoms with Crippen LogP contribution in [-0.4, -0.2) is 8.97 Å². The Hall–Kier alpha value is -2.73. The molecule has 0 saturated carbocycles. The molecule has 0 amide bonds. The fourth-order valence-electron chi connectivity index (χ4n) is 3.81. The SMILES string of the molecule is Cc1cccc(-c2sc(=S)n3c4ccccc4c(=O)n(Cc4ccc(Cl)cc4)c23)c1. The zero-order chi connectivity index (χ0) is 20.8. The minimum Gasteiger partial charge on any atom is -0.288 e. The van der Waals surface area contributed by atoms with Gasteiger partial charge in [0.05, 0.1) is 22.3 Å². The van der Waals surface area contributed by atoms with Crippen molar-refractivity contribution in [2.45, 2.75) is 13.5 Å². The minimum atomic E-state index is -0.0257. The normalized spacial score (nSPS) is 11.4. The molecule has 0 aliphatic heterocycles. The average molecular weight is 449 g/mol. The van der Waals surface area contributed by atoms with Crippen molar-refractivity contribution in [1.29, 1.82) is 0 Å². The molecule has 6 heteroatoms. The van der Waals surface area contributed by atoms with E-state index in [4.69, 9.17) is 23.8 Å². The fraction of sp³-hybridized carbons (Fsp3) is 0.0833. The van der Waals surface area contributed by atoms with Crippen LogP contribution >= 0.6 is 35.2 Å². The Balaban J connectivity index is 1.90. The van der Waals surface area contributed by atoms with E-state index in [9.17, 15) is 4.79 Å². The number of hydrogen-bond donors (Lipinski definition) is 0. The third kappa shape index (κ3) is 3.19. The smallest absolute Gasteiger partial charge is 0.261 e. The summed E-state index contributed by atoms with van der Waals surface area (Å²) in [6.07, 6.45) is 0. The van der Waals surface area contributed by atoms with Crippen LogP contribution in [0.3, 0.4) is 0 Å². The predicted molar refractivity (Wildman–Crippen MR) is 129 cm³/mol. The molecular formula is C24H17ClN2OS2. The summed E-state index contributed by atoms with van der Waals surface area (Å²) in [5, 5.41) is 1.33. The number of rotatable bonds is 3. The van der Waals surface area contributed by atoms with E-state index in [0.717, 1.165) is 36.7 Å². The molecule has 0 bridgehead atoms. The molecule has 0 N–H and O–H groups in total. The minimum absolute atomic E-state index is 0.0257. The van der Waals surface area contributed by atoms with Crippen LogP contribution in [0.15, 0.2) is 77.6 Å². The van der Waals surface area contributed by atoms with Crippen LogP contribution < -0.4 is 5.56 Å². The highest BCUT2D eigenvalue weighted by Crippen LogP contribution is 2.33. The number of nitrogens with zero attached hydrogens (tertiary/aromatic N) is 2. The molecule has 0 radical (unpaired) electrons. The summed E-state index contributed by atoms with van der Waals surface area (Å²) in [5.41, 5.74) is 4.87. The summed E-state index contributed by atoms with van der Waals surface area (Å²) >= 11 is 13.4. The van der Waals surface area contributed by atoms with E-state index in [1.807, 2.05) is 63.6 Å². The second kappa shape index (κ2) is 7.51. The molecule has 0 unspecified atom stereocenters. The van der Waals surface area contributed by atoms with Crippen molar-refractivity contribution in [3.05, 3.63) is 103 Å². The van der Waals surface area contributed by atoms with E-state index < -0.39 is 0 Å². The molecule has 2 heterocycles. The summed E-state index contributed by atoms with van der Waals surface area (Å²) in [7, 11) is 0. The van der Waals surface area contributed by atoms with Crippen molar-refractivity contribution in [3.8, 4) is 10.4 Å². The molecule has 0 spiro atoms. The molecule has 5 rings (SSSR count). The zero-order valence-corrected chi connectivity index (χ0v) is 18.5. The van der Waals surface area contributed by atoms with Crippen molar-refractivity contribution in [1.82, 2.24) is 8.97 Å². The Morgan fingerprint density at radius 1 is 1.00 bits per heavy atom. The summed E-state index contributed by atoms with van der Waals surface area (Å²) in [6, 6.07) is 23.6. The van der Waals surface area contributed by atoms with Crippen molar-refractivity contribution in [2.75, 3.05) is 0 Å². The van der Waals surface area contributed by atoms with Crippen molar-refractivity contribution in [2.24, 2.45) is 0 Å². The van der Waals surface area contributed by atoms with Gasteiger partial charge in [-0.15, -0.1) is 11.3 Å². The van der Waals surface area contributed by atoms with Gasteiger partial charge in [-0.05, 0) is 54.5 Å². The van der Waals surface area contributed by atoms with Crippen molar-refractivity contribution in [3.63, 3.8) is 0 Å². The molecule has 0 aliphatic rings. The highest BCUT2D eigenvalue weighted by atomic mass is 35.5. The number of fused-ring (bicyclic) bond motifs is 3. The largest absolute Gasteiger partial charge is 0.288 e. The number of aromatic nitrogens is 2. The Morgan fingerprint density at radius 3 is 2.53 bits per heavy atom. The van der Waals surface area contributed by atoms with Gasteiger partial charge in [0.2, 0.25) is 0 Å². The first-order valence-electron chi connectivity index (χ1n) is 9.51. The maximum atomic E-state index is 13.6. The molecule has 5 aromatic rings. The maximum absolute atomic E-state index is 13.6. The quantitative estimate of drug-likeness (QED) is 0.286. The summed E-state index contributed by atoms with van der Waals surface area (Å²) in [5.74, 6) is 0. The second-order valence-corrected chi connectivity index (χ2v) is 9.34. The molecule has 3 nitrogen and oxygen atoms in total. The van der Waals surface area contributed by atoms with Gasteiger partial charge in [0, 0.05) is 5.02 Å². The van der Waals surface area contributed by atoms with Gasteiger partial charge in [0.15, 0.2) is 3.95 Å².